The number of hydrogen-bond donors (Lipinski definition) is 13. The molecule has 0 radical (unpaired) electrons. The van der Waals surface area contributed by atoms with Crippen LogP contribution in [0.3, 0.4) is 0 Å². The number of H-pyrrole nitrogens is 5. The van der Waals surface area contributed by atoms with E-state index in [1.165, 1.54) is 35.9 Å². The van der Waals surface area contributed by atoms with Crippen molar-refractivity contribution in [3.63, 3.8) is 0 Å². The van der Waals surface area contributed by atoms with Crippen molar-refractivity contribution in [2.24, 2.45) is 0 Å². The summed E-state index contributed by atoms with van der Waals surface area (Å²) in [5, 5.41) is 72.1. The van der Waals surface area contributed by atoms with Crippen LogP contribution < -0.4 is 5.32 Å². The molecule has 13 N–H and O–H groups in total. The minimum atomic E-state index is -0.976. The van der Waals surface area contributed by atoms with Gasteiger partial charge in [-0.25, -0.2) is 22.0 Å². The average molecular weight is 1580 g/mol. The van der Waals surface area contributed by atoms with Gasteiger partial charge < -0.3 is 70.9 Å². The van der Waals surface area contributed by atoms with Gasteiger partial charge in [-0.1, -0.05) is 140 Å². The normalized spacial score (nSPS) is 12.2. The standard InChI is InChI=1S/C16H18FNO.C15H17NO.C14H17NO.C13H13F2NO.2C13H14FNO.C13H15NO/c1-10(2)16-14(17)8-13(9-15(16)19)12-5-6-18(4)11(3)7-12;1-10(2)14-5-4-12(9-15(14)17)13-6-7-16-11(3)8-13;1-9(2)12-6-10(3)13(7-14(12)16)11-4-5-15-8-11;1-7(2)11-10(17)5-9(12(14)13(11)15)8-3-4-16-6-8;1-8(2)10-5-12(14)11(6-13(10)16)9-3-4-15-7-9;1-8(2)13-11(14)5-10(6-12(13)16)9-3-4-15-7-9;1-9(2)12-4-3-10(7-13(12)15)11-5-6-14-8-11/h5-10,19H,3H2,1-2,4H3;4-10,16-17H,3H2,1-2H3;4-9,15-16H,1-3H3;3-7,16-17H,1-2H3;2*3-8,15-16H,1-2H3;3-9,14-15H,1-2H3. The monoisotopic (exact) mass is 1580 g/mol. The molecule has 7 heterocycles. The molecule has 2 aliphatic heterocycles. The number of phenols is 7. The van der Waals surface area contributed by atoms with Crippen LogP contribution in [0.2, 0.25) is 0 Å². The van der Waals surface area contributed by atoms with Gasteiger partial charge in [0, 0.05) is 132 Å². The Morgan fingerprint density at radius 1 is 0.328 bits per heavy atom. The molecule has 0 aliphatic carbocycles. The quantitative estimate of drug-likeness (QED) is 0.0463. The molecule has 7 aromatic carbocycles. The smallest absolute Gasteiger partial charge is 0.167 e. The molecule has 5 aromatic heterocycles. The van der Waals surface area contributed by atoms with Crippen LogP contribution in [-0.2, 0) is 0 Å². The minimum absolute atomic E-state index is 0.00356. The molecule has 19 heteroatoms. The molecular weight excluding hydrogens is 1470 g/mol. The lowest BCUT2D eigenvalue weighted by atomic mass is 9.94. The van der Waals surface area contributed by atoms with E-state index in [0.29, 0.717) is 73.9 Å². The number of benzene rings is 7. The van der Waals surface area contributed by atoms with Crippen molar-refractivity contribution in [1.29, 1.82) is 0 Å². The number of aromatic hydroxyl groups is 7. The Morgan fingerprint density at radius 2 is 0.707 bits per heavy atom. The predicted octanol–water partition coefficient (Wildman–Crippen LogP) is 26.0. The minimum Gasteiger partial charge on any atom is -0.508 e. The number of halogens is 5. The van der Waals surface area contributed by atoms with Crippen LogP contribution in [0.1, 0.15) is 194 Å². The second kappa shape index (κ2) is 40.3. The fourth-order valence-corrected chi connectivity index (χ4v) is 13.2. The summed E-state index contributed by atoms with van der Waals surface area (Å²) in [7, 11) is 1.89. The molecule has 2 aliphatic rings. The average Bonchev–Trinajstić information content (AvgIpc) is 1.28. The van der Waals surface area contributed by atoms with E-state index in [-0.39, 0.29) is 75.2 Å². The third-order valence-electron chi connectivity index (χ3n) is 19.6. The highest BCUT2D eigenvalue weighted by Crippen LogP contribution is 2.41. The fraction of sp³-hybridized carbons (Fsp3) is 0.237. The predicted molar refractivity (Wildman–Crippen MR) is 462 cm³/mol. The highest BCUT2D eigenvalue weighted by molar-refractivity contribution is 5.80. The lowest BCUT2D eigenvalue weighted by Crippen LogP contribution is -2.10. The highest BCUT2D eigenvalue weighted by atomic mass is 19.2. The SMILES string of the molecule is C=C1C=C(c2cc(O)c(C(C)C)c(F)c2)C=CN1C.C=C1C=C(c2ccc(C(C)C)c(O)c2)C=CN1.CC(C)c1c(O)cc(-c2cc[nH]c2)c(F)c1F.CC(C)c1c(O)cc(-c2cc[nH]c2)cc1F.CC(C)c1cc(F)c(-c2cc[nH]c2)cc1O.CC(C)c1ccc(-c2cc[nH]c2)cc1O.Cc1cc(C(C)C)c(O)cc1-c1cc[nH]c1. The molecule has 608 valence electrons. The van der Waals surface area contributed by atoms with Crippen molar-refractivity contribution in [2.45, 2.75) is 145 Å². The number of nitrogens with one attached hydrogen (secondary N) is 6. The Morgan fingerprint density at radius 3 is 1.15 bits per heavy atom. The maximum absolute atomic E-state index is 14.0. The number of likely N-dealkylation sites (N-methyl/N-ethyl adjacent to an activating group) is 1. The number of aromatic nitrogens is 5. The van der Waals surface area contributed by atoms with E-state index in [1.807, 2.05) is 176 Å². The first-order valence-corrected chi connectivity index (χ1v) is 38.5. The summed E-state index contributed by atoms with van der Waals surface area (Å²) in [6.07, 6.45) is 29.1. The first-order valence-electron chi connectivity index (χ1n) is 38.5. The van der Waals surface area contributed by atoms with Crippen LogP contribution >= 0.6 is 0 Å². The molecule has 0 atom stereocenters. The van der Waals surface area contributed by atoms with E-state index in [2.05, 4.69) is 97.9 Å². The summed E-state index contributed by atoms with van der Waals surface area (Å²) in [6, 6.07) is 35.1. The zero-order valence-corrected chi connectivity index (χ0v) is 68.7. The van der Waals surface area contributed by atoms with Gasteiger partial charge in [0.15, 0.2) is 11.6 Å². The van der Waals surface area contributed by atoms with E-state index < -0.39 is 11.6 Å². The zero-order chi connectivity index (χ0) is 85.1. The van der Waals surface area contributed by atoms with Crippen molar-refractivity contribution in [2.75, 3.05) is 7.05 Å². The van der Waals surface area contributed by atoms with Gasteiger partial charge in [-0.3, -0.25) is 0 Å². The van der Waals surface area contributed by atoms with Gasteiger partial charge >= 0.3 is 0 Å². The number of dihydropyridines is 1. The number of aromatic amines is 5. The number of allylic oxidation sites excluding steroid dienone is 6. The van der Waals surface area contributed by atoms with Gasteiger partial charge in [-0.2, -0.15) is 0 Å². The summed E-state index contributed by atoms with van der Waals surface area (Å²) >= 11 is 0. The third kappa shape index (κ3) is 22.8. The fourth-order valence-electron chi connectivity index (χ4n) is 13.2. The zero-order valence-electron chi connectivity index (χ0n) is 68.7. The van der Waals surface area contributed by atoms with E-state index in [1.54, 1.807) is 75.3 Å². The molecule has 14 nitrogen and oxygen atoms in total. The lowest BCUT2D eigenvalue weighted by Gasteiger charge is -2.20. The Balaban J connectivity index is 0.000000169. The number of nitrogens with zero attached hydrogens (tertiary/aromatic N) is 1. The van der Waals surface area contributed by atoms with Crippen LogP contribution in [0.25, 0.3) is 66.8 Å². The van der Waals surface area contributed by atoms with Gasteiger partial charge in [0.2, 0.25) is 0 Å². The van der Waals surface area contributed by atoms with Gasteiger partial charge in [0.1, 0.15) is 57.7 Å². The summed E-state index contributed by atoms with van der Waals surface area (Å²) in [6.45, 7) is 37.0. The van der Waals surface area contributed by atoms with E-state index >= 15 is 0 Å². The second-order valence-corrected chi connectivity index (χ2v) is 30.6. The second-order valence-electron chi connectivity index (χ2n) is 30.6. The molecule has 0 unspecified atom stereocenters. The summed E-state index contributed by atoms with van der Waals surface area (Å²) in [5.74, 6) is -1.07. The maximum atomic E-state index is 14.0. The topological polar surface area (TPSA) is 236 Å². The van der Waals surface area contributed by atoms with Crippen LogP contribution in [-0.4, -0.2) is 72.6 Å². The van der Waals surface area contributed by atoms with E-state index in [0.717, 1.165) is 78.2 Å². The summed E-state index contributed by atoms with van der Waals surface area (Å²) in [5.41, 5.74) is 18.4. The summed E-state index contributed by atoms with van der Waals surface area (Å²) in [4.78, 5) is 16.4. The maximum Gasteiger partial charge on any atom is 0.167 e. The molecule has 14 rings (SSSR count). The van der Waals surface area contributed by atoms with Crippen LogP contribution in [0.15, 0.2) is 245 Å². The van der Waals surface area contributed by atoms with Crippen molar-refractivity contribution in [3.8, 4) is 95.9 Å². The molecule has 0 saturated heterocycles. The number of aryl methyl sites for hydroxylation is 1. The van der Waals surface area contributed by atoms with Crippen molar-refractivity contribution >= 4 is 11.1 Å². The van der Waals surface area contributed by atoms with Crippen molar-refractivity contribution in [3.05, 3.63) is 329 Å². The van der Waals surface area contributed by atoms with Crippen molar-refractivity contribution < 1.29 is 57.7 Å². The van der Waals surface area contributed by atoms with Crippen molar-refractivity contribution in [1.82, 2.24) is 35.1 Å². The largest absolute Gasteiger partial charge is 0.508 e. The number of hydrogen-bond acceptors (Lipinski definition) is 9. The Kier molecular flexibility index (Phi) is 30.8. The molecule has 0 saturated carbocycles. The number of rotatable bonds is 14. The lowest BCUT2D eigenvalue weighted by molar-refractivity contribution is 0.437. The molecule has 0 bridgehead atoms. The molecule has 0 fully saturated rings. The Labute approximate surface area is 677 Å². The number of phenolic OH excluding ortho intramolecular Hbond substituents is 7. The van der Waals surface area contributed by atoms with Crippen LogP contribution in [0.5, 0.6) is 40.2 Å². The summed E-state index contributed by atoms with van der Waals surface area (Å²) < 4.78 is 69.3. The first kappa shape index (κ1) is 88.8. The van der Waals surface area contributed by atoms with E-state index in [9.17, 15) is 57.7 Å². The Hall–Kier alpha value is -12.8. The van der Waals surface area contributed by atoms with Gasteiger partial charge in [0.05, 0.1) is 0 Å². The molecule has 0 spiro atoms. The van der Waals surface area contributed by atoms with Gasteiger partial charge in [0.25, 0.3) is 0 Å². The molecule has 12 aromatic rings. The molecular formula is C97H108F5N7O7. The van der Waals surface area contributed by atoms with Crippen LogP contribution in [0.4, 0.5) is 22.0 Å². The van der Waals surface area contributed by atoms with Gasteiger partial charge in [-0.15, -0.1) is 0 Å². The highest BCUT2D eigenvalue weighted by Gasteiger charge is 2.23. The Bertz CT molecular complexity index is 5280. The first-order chi connectivity index (χ1) is 55.0. The van der Waals surface area contributed by atoms with E-state index in [4.69, 9.17) is 0 Å². The van der Waals surface area contributed by atoms with Gasteiger partial charge in [-0.05, 0) is 247 Å². The van der Waals surface area contributed by atoms with Crippen LogP contribution in [0, 0.1) is 36.0 Å². The molecule has 0 amide bonds. The molecule has 116 heavy (non-hydrogen) atoms. The third-order valence-corrected chi connectivity index (χ3v) is 19.6.